The Hall–Kier alpha value is -1.79. The van der Waals surface area contributed by atoms with Gasteiger partial charge in [-0.15, -0.1) is 0 Å². The monoisotopic (exact) mass is 326 g/mol. The molecular weight excluding hydrogens is 308 g/mol. The lowest BCUT2D eigenvalue weighted by molar-refractivity contribution is -0.140. The summed E-state index contributed by atoms with van der Waals surface area (Å²) >= 11 is 5.92. The molecule has 1 aromatic rings. The highest BCUT2D eigenvalue weighted by Gasteiger charge is 2.40. The number of nitrogens with zero attached hydrogens (tertiary/aromatic N) is 1. The number of hydrogen-bond donors (Lipinski definition) is 2. The number of benzene rings is 1. The molecule has 120 valence electrons. The van der Waals surface area contributed by atoms with E-state index >= 15 is 0 Å². The average Bonchev–Trinajstić information content (AvgIpc) is 2.47. The van der Waals surface area contributed by atoms with Crippen molar-refractivity contribution in [1.82, 2.24) is 4.90 Å². The van der Waals surface area contributed by atoms with Crippen LogP contribution in [-0.4, -0.2) is 47.1 Å². The molecule has 1 atom stereocenters. The number of nitrogens with two attached hydrogens (primary N) is 1. The van der Waals surface area contributed by atoms with E-state index in [2.05, 4.69) is 0 Å². The lowest BCUT2D eigenvalue weighted by atomic mass is 9.91. The molecule has 1 fully saturated rings. The molecule has 1 saturated heterocycles. The van der Waals surface area contributed by atoms with Crippen molar-refractivity contribution in [2.45, 2.75) is 25.4 Å². The topological polar surface area (TPSA) is 92.9 Å². The first-order valence-electron chi connectivity index (χ1n) is 7.11. The molecule has 0 aromatic heterocycles. The molecule has 0 spiro atoms. The highest BCUT2D eigenvalue weighted by atomic mass is 35.5. The van der Waals surface area contributed by atoms with Crippen LogP contribution in [0.2, 0.25) is 5.02 Å². The number of amides is 2. The van der Waals surface area contributed by atoms with E-state index in [4.69, 9.17) is 22.1 Å². The van der Waals surface area contributed by atoms with E-state index in [-0.39, 0.29) is 18.9 Å². The Morgan fingerprint density at radius 3 is 2.86 bits per heavy atom. The summed E-state index contributed by atoms with van der Waals surface area (Å²) in [7, 11) is 0. The Morgan fingerprint density at radius 2 is 2.23 bits per heavy atom. The Balaban J connectivity index is 2.26. The van der Waals surface area contributed by atoms with Gasteiger partial charge in [0.1, 0.15) is 5.75 Å². The zero-order valence-corrected chi connectivity index (χ0v) is 13.1. The van der Waals surface area contributed by atoms with Gasteiger partial charge in [0.05, 0.1) is 18.7 Å². The molecule has 7 heteroatoms. The van der Waals surface area contributed by atoms with Gasteiger partial charge in [0.15, 0.2) is 5.60 Å². The van der Waals surface area contributed by atoms with Crippen LogP contribution in [0.1, 0.15) is 30.1 Å². The Labute approximate surface area is 133 Å². The van der Waals surface area contributed by atoms with E-state index in [0.717, 1.165) is 0 Å². The van der Waals surface area contributed by atoms with Crippen LogP contribution in [0, 0.1) is 0 Å². The summed E-state index contributed by atoms with van der Waals surface area (Å²) in [5, 5.41) is 10.7. The first kappa shape index (κ1) is 16.6. The standard InChI is InChI=1S/C15H19ClN2O4/c1-2-22-12-8-10(16)4-5-11(12)13(19)18-7-3-6-15(21,9-18)14(17)20/h4-5,8,21H,2-3,6-7,9H2,1H3,(H2,17,20)/t15-/m0/s1. The largest absolute Gasteiger partial charge is 0.493 e. The van der Waals surface area contributed by atoms with Crippen molar-refractivity contribution in [3.05, 3.63) is 28.8 Å². The Bertz CT molecular complexity index is 593. The molecule has 0 aliphatic carbocycles. The number of rotatable bonds is 4. The maximum absolute atomic E-state index is 12.7. The number of carbonyl (C=O) groups excluding carboxylic acids is 2. The fourth-order valence-electron chi connectivity index (χ4n) is 2.53. The van der Waals surface area contributed by atoms with Gasteiger partial charge in [-0.3, -0.25) is 9.59 Å². The van der Waals surface area contributed by atoms with Crippen LogP contribution >= 0.6 is 11.6 Å². The van der Waals surface area contributed by atoms with Gasteiger partial charge in [-0.05, 0) is 38.0 Å². The van der Waals surface area contributed by atoms with E-state index in [1.807, 2.05) is 6.92 Å². The van der Waals surface area contributed by atoms with E-state index in [1.54, 1.807) is 18.2 Å². The number of aliphatic hydroxyl groups is 1. The predicted octanol–water partition coefficient (Wildman–Crippen LogP) is 1.19. The van der Waals surface area contributed by atoms with Crippen molar-refractivity contribution >= 4 is 23.4 Å². The number of carbonyl (C=O) groups is 2. The van der Waals surface area contributed by atoms with Crippen LogP contribution in [0.4, 0.5) is 0 Å². The third kappa shape index (κ3) is 3.34. The van der Waals surface area contributed by atoms with Crippen molar-refractivity contribution in [3.8, 4) is 5.75 Å². The third-order valence-corrected chi connectivity index (χ3v) is 3.93. The molecule has 0 radical (unpaired) electrons. The van der Waals surface area contributed by atoms with Crippen molar-refractivity contribution in [2.24, 2.45) is 5.73 Å². The molecule has 6 nitrogen and oxygen atoms in total. The third-order valence-electron chi connectivity index (χ3n) is 3.69. The van der Waals surface area contributed by atoms with E-state index in [0.29, 0.717) is 35.9 Å². The van der Waals surface area contributed by atoms with E-state index in [1.165, 1.54) is 4.90 Å². The molecule has 3 N–H and O–H groups in total. The van der Waals surface area contributed by atoms with E-state index < -0.39 is 11.5 Å². The maximum atomic E-state index is 12.7. The summed E-state index contributed by atoms with van der Waals surface area (Å²) in [6.45, 7) is 2.53. The van der Waals surface area contributed by atoms with Gasteiger partial charge in [-0.1, -0.05) is 11.6 Å². The zero-order chi connectivity index (χ0) is 16.3. The number of piperidine rings is 1. The predicted molar refractivity (Wildman–Crippen MR) is 81.9 cm³/mol. The number of hydrogen-bond acceptors (Lipinski definition) is 4. The second-order valence-electron chi connectivity index (χ2n) is 5.30. The van der Waals surface area contributed by atoms with Crippen LogP contribution in [-0.2, 0) is 4.79 Å². The van der Waals surface area contributed by atoms with Crippen molar-refractivity contribution in [2.75, 3.05) is 19.7 Å². The summed E-state index contributed by atoms with van der Waals surface area (Å²) in [6, 6.07) is 4.75. The minimum atomic E-state index is -1.67. The molecule has 1 aliphatic rings. The Morgan fingerprint density at radius 1 is 1.50 bits per heavy atom. The minimum absolute atomic E-state index is 0.116. The maximum Gasteiger partial charge on any atom is 0.257 e. The summed E-state index contributed by atoms with van der Waals surface area (Å²) in [5.41, 5.74) is 3.90. The smallest absolute Gasteiger partial charge is 0.257 e. The number of halogens is 1. The van der Waals surface area contributed by atoms with Crippen LogP contribution in [0.3, 0.4) is 0 Å². The van der Waals surface area contributed by atoms with E-state index in [9.17, 15) is 14.7 Å². The molecule has 0 unspecified atom stereocenters. The first-order chi connectivity index (χ1) is 10.4. The lowest BCUT2D eigenvalue weighted by Gasteiger charge is -2.37. The molecule has 22 heavy (non-hydrogen) atoms. The van der Waals surface area contributed by atoms with Crippen molar-refractivity contribution in [3.63, 3.8) is 0 Å². The van der Waals surface area contributed by atoms with Crippen LogP contribution in [0.5, 0.6) is 5.75 Å². The van der Waals surface area contributed by atoms with Gasteiger partial charge >= 0.3 is 0 Å². The lowest BCUT2D eigenvalue weighted by Crippen LogP contribution is -2.57. The van der Waals surface area contributed by atoms with Crippen molar-refractivity contribution < 1.29 is 19.4 Å². The molecule has 0 saturated carbocycles. The number of primary amides is 1. The average molecular weight is 327 g/mol. The first-order valence-corrected chi connectivity index (χ1v) is 7.49. The van der Waals surface area contributed by atoms with Gasteiger partial charge in [-0.2, -0.15) is 0 Å². The molecular formula is C15H19ClN2O4. The van der Waals surface area contributed by atoms with Gasteiger partial charge in [0.25, 0.3) is 11.8 Å². The molecule has 2 amide bonds. The molecule has 1 aromatic carbocycles. The van der Waals surface area contributed by atoms with Gasteiger partial charge in [0.2, 0.25) is 0 Å². The normalized spacial score (nSPS) is 21.5. The van der Waals surface area contributed by atoms with Gasteiger partial charge < -0.3 is 20.5 Å². The fraction of sp³-hybridized carbons (Fsp3) is 0.467. The Kier molecular flexibility index (Phi) is 4.93. The molecule has 1 heterocycles. The van der Waals surface area contributed by atoms with Crippen molar-refractivity contribution in [1.29, 1.82) is 0 Å². The van der Waals surface area contributed by atoms with Crippen LogP contribution < -0.4 is 10.5 Å². The minimum Gasteiger partial charge on any atom is -0.493 e. The SMILES string of the molecule is CCOc1cc(Cl)ccc1C(=O)N1CCC[C@@](O)(C(N)=O)C1. The number of ether oxygens (including phenoxy) is 1. The number of likely N-dealkylation sites (tertiary alicyclic amines) is 1. The molecule has 0 bridgehead atoms. The molecule has 2 rings (SSSR count). The van der Waals surface area contributed by atoms with Gasteiger partial charge in [-0.25, -0.2) is 0 Å². The summed E-state index contributed by atoms with van der Waals surface area (Å²) < 4.78 is 5.44. The van der Waals surface area contributed by atoms with Gasteiger partial charge in [0, 0.05) is 11.6 Å². The zero-order valence-electron chi connectivity index (χ0n) is 12.3. The second kappa shape index (κ2) is 6.54. The highest BCUT2D eigenvalue weighted by Crippen LogP contribution is 2.28. The quantitative estimate of drug-likeness (QED) is 0.869. The van der Waals surface area contributed by atoms with Crippen LogP contribution in [0.25, 0.3) is 0 Å². The summed E-state index contributed by atoms with van der Waals surface area (Å²) in [4.78, 5) is 25.5. The summed E-state index contributed by atoms with van der Waals surface area (Å²) in [5.74, 6) is -0.751. The number of β-amino-alcohol motifs (C(OH)–C–C–N with tert-alkyl or cyclic N) is 1. The fourth-order valence-corrected chi connectivity index (χ4v) is 2.69. The highest BCUT2D eigenvalue weighted by molar-refractivity contribution is 6.30. The second-order valence-corrected chi connectivity index (χ2v) is 5.74. The molecule has 1 aliphatic heterocycles. The van der Waals surface area contributed by atoms with Crippen LogP contribution in [0.15, 0.2) is 18.2 Å². The summed E-state index contributed by atoms with van der Waals surface area (Å²) in [6.07, 6.45) is 0.758.